The molecular weight excluding hydrogens is 631 g/mol. The zero-order valence-corrected chi connectivity index (χ0v) is 27.9. The van der Waals surface area contributed by atoms with E-state index < -0.39 is 6.04 Å². The lowest BCUT2D eigenvalue weighted by Crippen LogP contribution is -2.00. The van der Waals surface area contributed by atoms with Gasteiger partial charge in [-0.1, -0.05) is 152 Å². The highest BCUT2D eigenvalue weighted by molar-refractivity contribution is 6.00. The van der Waals surface area contributed by atoms with Gasteiger partial charge in [-0.2, -0.15) is 0 Å². The number of benzene rings is 9. The lowest BCUT2D eigenvalue weighted by atomic mass is 9.97. The van der Waals surface area contributed by atoms with Crippen molar-refractivity contribution >= 4 is 43.1 Å². The van der Waals surface area contributed by atoms with Crippen molar-refractivity contribution in [1.82, 2.24) is 15.0 Å². The molecule has 0 atom stereocenters. The molecule has 0 saturated carbocycles. The first-order chi connectivity index (χ1) is 27.8. The van der Waals surface area contributed by atoms with Crippen LogP contribution in [0.25, 0.3) is 99.5 Å². The van der Waals surface area contributed by atoms with Crippen LogP contribution in [0.2, 0.25) is 0 Å². The Hall–Kier alpha value is -6.97. The fourth-order valence-electron chi connectivity index (χ4n) is 7.07. The van der Waals surface area contributed by atoms with Crippen LogP contribution in [0.1, 0.15) is 6.85 Å². The van der Waals surface area contributed by atoms with Gasteiger partial charge in [0.15, 0.2) is 17.5 Å². The molecule has 0 aliphatic rings. The van der Waals surface area contributed by atoms with Gasteiger partial charge in [0.25, 0.3) is 0 Å². The topological polar surface area (TPSA) is 38.7 Å². The zero-order valence-electron chi connectivity index (χ0n) is 32.9. The third-order valence-electron chi connectivity index (χ3n) is 9.71. The Balaban J connectivity index is 1.08. The molecule has 0 saturated heterocycles. The molecule has 3 heteroatoms. The molecule has 10 aromatic rings. The lowest BCUT2D eigenvalue weighted by molar-refractivity contribution is 1.08. The molecule has 0 N–H and O–H groups in total. The Bertz CT molecular complexity index is 3240. The number of hydrogen-bond donors (Lipinski definition) is 0. The number of rotatable bonds is 5. The minimum atomic E-state index is -0.401. The predicted molar refractivity (Wildman–Crippen MR) is 217 cm³/mol. The summed E-state index contributed by atoms with van der Waals surface area (Å²) < 4.78 is 41.1. The molecule has 3 nitrogen and oxygen atoms in total. The van der Waals surface area contributed by atoms with Crippen molar-refractivity contribution in [2.45, 2.75) is 0 Å². The SMILES string of the molecule is [2H]c1c([2H])c([2H])c(-c2ccc3cc(-c4cccc(-c5nc(-c6ccc7cc8ccccc8cc7c6)nc(-c6cccc7ccccc67)n5)c4)ccc3c2)c([2H])c1[2H]. The Morgan fingerprint density at radius 3 is 1.54 bits per heavy atom. The molecule has 1 heterocycles. The van der Waals surface area contributed by atoms with Crippen LogP contribution in [0.3, 0.4) is 0 Å². The van der Waals surface area contributed by atoms with Crippen molar-refractivity contribution < 1.29 is 6.85 Å². The highest BCUT2D eigenvalue weighted by Gasteiger charge is 2.15. The second-order valence-electron chi connectivity index (χ2n) is 13.0. The summed E-state index contributed by atoms with van der Waals surface area (Å²) in [7, 11) is 0. The minimum Gasteiger partial charge on any atom is -0.208 e. The molecule has 0 bridgehead atoms. The Morgan fingerprint density at radius 1 is 0.308 bits per heavy atom. The molecule has 9 aromatic carbocycles. The summed E-state index contributed by atoms with van der Waals surface area (Å²) in [6.07, 6.45) is 0. The first-order valence-electron chi connectivity index (χ1n) is 19.7. The van der Waals surface area contributed by atoms with E-state index in [-0.39, 0.29) is 29.7 Å². The second kappa shape index (κ2) is 12.4. The van der Waals surface area contributed by atoms with Crippen LogP contribution in [-0.2, 0) is 0 Å². The second-order valence-corrected chi connectivity index (χ2v) is 13.0. The number of hydrogen-bond acceptors (Lipinski definition) is 3. The smallest absolute Gasteiger partial charge is 0.164 e. The van der Waals surface area contributed by atoms with Gasteiger partial charge < -0.3 is 0 Å². The van der Waals surface area contributed by atoms with Crippen molar-refractivity contribution in [2.24, 2.45) is 0 Å². The van der Waals surface area contributed by atoms with E-state index in [4.69, 9.17) is 21.8 Å². The van der Waals surface area contributed by atoms with Gasteiger partial charge in [-0.15, -0.1) is 0 Å². The largest absolute Gasteiger partial charge is 0.208 e. The maximum Gasteiger partial charge on any atom is 0.164 e. The van der Waals surface area contributed by atoms with E-state index in [1.165, 1.54) is 10.8 Å². The van der Waals surface area contributed by atoms with Crippen LogP contribution in [0, 0.1) is 0 Å². The fourth-order valence-corrected chi connectivity index (χ4v) is 7.07. The van der Waals surface area contributed by atoms with E-state index in [1.54, 1.807) is 0 Å². The van der Waals surface area contributed by atoms with Crippen molar-refractivity contribution in [3.8, 4) is 56.4 Å². The quantitative estimate of drug-likeness (QED) is 0.172. The molecule has 52 heavy (non-hydrogen) atoms. The Kier molecular flexibility index (Phi) is 5.98. The van der Waals surface area contributed by atoms with Gasteiger partial charge in [0.1, 0.15) is 0 Å². The first kappa shape index (κ1) is 25.1. The minimum absolute atomic E-state index is 0.191. The fraction of sp³-hybridized carbons (Fsp3) is 0. The van der Waals surface area contributed by atoms with E-state index in [1.807, 2.05) is 60.7 Å². The summed E-state index contributed by atoms with van der Waals surface area (Å²) in [4.78, 5) is 15.3. The van der Waals surface area contributed by atoms with Gasteiger partial charge in [0.05, 0.1) is 6.85 Å². The van der Waals surface area contributed by atoms with Crippen LogP contribution in [0.4, 0.5) is 0 Å². The van der Waals surface area contributed by atoms with Crippen LogP contribution in [0.15, 0.2) is 188 Å². The van der Waals surface area contributed by atoms with E-state index in [2.05, 4.69) is 97.1 Å². The Morgan fingerprint density at radius 2 is 0.788 bits per heavy atom. The molecule has 0 aliphatic heterocycles. The third kappa shape index (κ3) is 5.46. The van der Waals surface area contributed by atoms with Gasteiger partial charge >= 0.3 is 0 Å². The standard InChI is InChI=1S/C49H31N3/c1-2-10-32(11-3-1)37-20-21-40-28-38(22-23-39(40)27-37)36-16-8-17-42(29-36)47-50-48(52-49(51-47)46-19-9-15-33-12-6-7-18-45(33)46)43-25-24-41-26-34-13-4-5-14-35(34)30-44(41)31-43/h1-31H/i1D,2D,3D,10D,11D. The molecule has 1 aromatic heterocycles. The number of fused-ring (bicyclic) bond motifs is 4. The lowest BCUT2D eigenvalue weighted by Gasteiger charge is -2.12. The van der Waals surface area contributed by atoms with Crippen LogP contribution in [-0.4, -0.2) is 15.0 Å². The van der Waals surface area contributed by atoms with Gasteiger partial charge in [0.2, 0.25) is 0 Å². The number of aromatic nitrogens is 3. The predicted octanol–water partition coefficient (Wildman–Crippen LogP) is 12.8. The molecule has 0 aliphatic carbocycles. The average molecular weight is 667 g/mol. The van der Waals surface area contributed by atoms with Crippen molar-refractivity contribution in [3.05, 3.63) is 188 Å². The van der Waals surface area contributed by atoms with Gasteiger partial charge in [-0.3, -0.25) is 0 Å². The molecule has 0 fully saturated rings. The first-order valence-corrected chi connectivity index (χ1v) is 17.2. The maximum atomic E-state index is 8.45. The van der Waals surface area contributed by atoms with Crippen molar-refractivity contribution in [1.29, 1.82) is 0 Å². The average Bonchev–Trinajstić information content (AvgIpc) is 3.26. The Labute approximate surface area is 308 Å². The molecule has 0 spiro atoms. The summed E-state index contributed by atoms with van der Waals surface area (Å²) in [6.45, 7) is 0. The van der Waals surface area contributed by atoms with Crippen LogP contribution in [0.5, 0.6) is 0 Å². The summed E-state index contributed by atoms with van der Waals surface area (Å²) in [5.41, 5.74) is 5.41. The summed E-state index contributed by atoms with van der Waals surface area (Å²) >= 11 is 0. The van der Waals surface area contributed by atoms with Crippen molar-refractivity contribution in [2.75, 3.05) is 0 Å². The molecule has 0 amide bonds. The summed E-state index contributed by atoms with van der Waals surface area (Å²) in [6, 6.07) is 52.1. The van der Waals surface area contributed by atoms with E-state index >= 15 is 0 Å². The van der Waals surface area contributed by atoms with E-state index in [9.17, 15) is 0 Å². The van der Waals surface area contributed by atoms with Gasteiger partial charge in [-0.25, -0.2) is 15.0 Å². The summed E-state index contributed by atoms with van der Waals surface area (Å²) in [5.74, 6) is 1.74. The molecule has 0 unspecified atom stereocenters. The van der Waals surface area contributed by atoms with Gasteiger partial charge in [0, 0.05) is 16.7 Å². The number of nitrogens with zero attached hydrogens (tertiary/aromatic N) is 3. The van der Waals surface area contributed by atoms with Crippen molar-refractivity contribution in [3.63, 3.8) is 0 Å². The normalized spacial score (nSPS) is 12.8. The highest BCUT2D eigenvalue weighted by Crippen LogP contribution is 2.34. The highest BCUT2D eigenvalue weighted by atomic mass is 15.0. The molecule has 0 radical (unpaired) electrons. The maximum absolute atomic E-state index is 8.45. The molecule has 10 rings (SSSR count). The van der Waals surface area contributed by atoms with E-state index in [0.717, 1.165) is 60.1 Å². The molecule has 242 valence electrons. The van der Waals surface area contributed by atoms with Gasteiger partial charge in [-0.05, 0) is 102 Å². The zero-order chi connectivity index (χ0) is 38.8. The monoisotopic (exact) mass is 666 g/mol. The summed E-state index contributed by atoms with van der Waals surface area (Å²) in [5, 5.41) is 8.65. The van der Waals surface area contributed by atoms with E-state index in [0.29, 0.717) is 23.0 Å². The van der Waals surface area contributed by atoms with Crippen LogP contribution >= 0.6 is 0 Å². The third-order valence-corrected chi connectivity index (χ3v) is 9.71. The molecular formula is C49H31N3. The van der Waals surface area contributed by atoms with Crippen LogP contribution < -0.4 is 0 Å².